The van der Waals surface area contributed by atoms with Crippen molar-refractivity contribution in [2.24, 2.45) is 5.92 Å². The molecule has 0 spiro atoms. The molecule has 0 N–H and O–H groups in total. The fraction of sp³-hybridized carbons (Fsp3) is 0.500. The number of hydrogen-bond acceptors (Lipinski definition) is 2. The minimum atomic E-state index is 0.106. The number of carbonyl (C=O) groups is 1. The van der Waals surface area contributed by atoms with Crippen molar-refractivity contribution in [3.05, 3.63) is 35.9 Å². The maximum atomic E-state index is 11.1. The number of likely N-dealkylation sites (tertiary alicyclic amines) is 1. The molecule has 1 aliphatic heterocycles. The van der Waals surface area contributed by atoms with E-state index < -0.39 is 0 Å². The first-order valence-electron chi connectivity index (χ1n) is 6.04. The topological polar surface area (TPSA) is 20.3 Å². The number of aldehydes is 1. The molecule has 1 aliphatic rings. The Balaban J connectivity index is 2.05. The Bertz CT molecular complexity index is 336. The number of piperidine rings is 1. The lowest BCUT2D eigenvalue weighted by Gasteiger charge is -2.36. The van der Waals surface area contributed by atoms with Gasteiger partial charge >= 0.3 is 0 Å². The molecular formula is C14H19NO. The Kier molecular flexibility index (Phi) is 3.73. The maximum absolute atomic E-state index is 11.1. The summed E-state index contributed by atoms with van der Waals surface area (Å²) in [6.45, 7) is 4.12. The molecule has 0 amide bonds. The van der Waals surface area contributed by atoms with Gasteiger partial charge in [0.1, 0.15) is 6.29 Å². The van der Waals surface area contributed by atoms with Crippen molar-refractivity contribution < 1.29 is 4.79 Å². The lowest BCUT2D eigenvalue weighted by atomic mass is 9.91. The first-order chi connectivity index (χ1) is 7.81. The molecule has 0 saturated carbocycles. The average molecular weight is 217 g/mol. The third-order valence-corrected chi connectivity index (χ3v) is 3.48. The first kappa shape index (κ1) is 11.3. The van der Waals surface area contributed by atoms with E-state index in [1.165, 1.54) is 18.4 Å². The molecule has 2 nitrogen and oxygen atoms in total. The summed E-state index contributed by atoms with van der Waals surface area (Å²) in [4.78, 5) is 13.4. The van der Waals surface area contributed by atoms with E-state index >= 15 is 0 Å². The third-order valence-electron chi connectivity index (χ3n) is 3.48. The smallest absolute Gasteiger partial charge is 0.137 e. The first-order valence-corrected chi connectivity index (χ1v) is 6.04. The highest BCUT2D eigenvalue weighted by Crippen LogP contribution is 2.23. The van der Waals surface area contributed by atoms with Crippen molar-refractivity contribution >= 4 is 6.29 Å². The molecular weight excluding hydrogens is 198 g/mol. The highest BCUT2D eigenvalue weighted by atomic mass is 16.1. The molecule has 0 aliphatic carbocycles. The molecule has 2 rings (SSSR count). The molecule has 2 atom stereocenters. The van der Waals surface area contributed by atoms with E-state index in [4.69, 9.17) is 0 Å². The van der Waals surface area contributed by atoms with E-state index in [1.807, 2.05) is 6.07 Å². The molecule has 1 fully saturated rings. The predicted molar refractivity (Wildman–Crippen MR) is 65.1 cm³/mol. The van der Waals surface area contributed by atoms with Crippen LogP contribution in [0.15, 0.2) is 30.3 Å². The average Bonchev–Trinajstić information content (AvgIpc) is 2.31. The lowest BCUT2D eigenvalue weighted by molar-refractivity contribution is -0.115. The van der Waals surface area contributed by atoms with Gasteiger partial charge in [-0.3, -0.25) is 4.90 Å². The number of benzene rings is 1. The number of carbonyl (C=O) groups excluding carboxylic acids is 1. The van der Waals surface area contributed by atoms with Crippen molar-refractivity contribution in [2.75, 3.05) is 6.54 Å². The highest BCUT2D eigenvalue weighted by molar-refractivity contribution is 5.58. The SMILES string of the molecule is CC1CCCN(Cc2ccccc2)C1C=O. The summed E-state index contributed by atoms with van der Waals surface area (Å²) in [6.07, 6.45) is 3.50. The van der Waals surface area contributed by atoms with Crippen molar-refractivity contribution in [2.45, 2.75) is 32.4 Å². The summed E-state index contributed by atoms with van der Waals surface area (Å²) < 4.78 is 0. The summed E-state index contributed by atoms with van der Waals surface area (Å²) in [5.74, 6) is 0.495. The molecule has 1 saturated heterocycles. The predicted octanol–water partition coefficient (Wildman–Crippen LogP) is 2.49. The van der Waals surface area contributed by atoms with Gasteiger partial charge in [0.25, 0.3) is 0 Å². The van der Waals surface area contributed by atoms with Crippen LogP contribution in [-0.4, -0.2) is 23.8 Å². The molecule has 0 radical (unpaired) electrons. The number of hydrogen-bond donors (Lipinski definition) is 0. The monoisotopic (exact) mass is 217 g/mol. The van der Waals surface area contributed by atoms with E-state index in [0.717, 1.165) is 19.4 Å². The third kappa shape index (κ3) is 2.50. The van der Waals surface area contributed by atoms with Crippen LogP contribution in [0.25, 0.3) is 0 Å². The Morgan fingerprint density at radius 1 is 1.38 bits per heavy atom. The zero-order chi connectivity index (χ0) is 11.4. The molecule has 2 heteroatoms. The summed E-state index contributed by atoms with van der Waals surface area (Å²) in [7, 11) is 0. The van der Waals surface area contributed by atoms with Crippen LogP contribution in [0, 0.1) is 5.92 Å². The zero-order valence-electron chi connectivity index (χ0n) is 9.80. The lowest BCUT2D eigenvalue weighted by Crippen LogP contribution is -2.44. The van der Waals surface area contributed by atoms with Crippen molar-refractivity contribution in [3.8, 4) is 0 Å². The zero-order valence-corrected chi connectivity index (χ0v) is 9.80. The van der Waals surface area contributed by atoms with Crippen LogP contribution in [0.1, 0.15) is 25.3 Å². The standard InChI is InChI=1S/C14H19NO/c1-12-6-5-9-15(14(12)11-16)10-13-7-3-2-4-8-13/h2-4,7-8,11-12,14H,5-6,9-10H2,1H3. The summed E-state index contributed by atoms with van der Waals surface area (Å²) in [5, 5.41) is 0. The second-order valence-corrected chi connectivity index (χ2v) is 4.70. The van der Waals surface area contributed by atoms with Gasteiger partial charge in [-0.1, -0.05) is 37.3 Å². The molecule has 1 heterocycles. The van der Waals surface area contributed by atoms with Crippen LogP contribution in [0.3, 0.4) is 0 Å². The minimum Gasteiger partial charge on any atom is -0.302 e. The normalized spacial score (nSPS) is 26.6. The molecule has 1 aromatic carbocycles. The van der Waals surface area contributed by atoms with Crippen LogP contribution in [0.5, 0.6) is 0 Å². The molecule has 0 bridgehead atoms. The highest BCUT2D eigenvalue weighted by Gasteiger charge is 2.27. The van der Waals surface area contributed by atoms with Crippen molar-refractivity contribution in [1.82, 2.24) is 4.90 Å². The van der Waals surface area contributed by atoms with Crippen molar-refractivity contribution in [3.63, 3.8) is 0 Å². The van der Waals surface area contributed by atoms with Crippen LogP contribution in [0.2, 0.25) is 0 Å². The molecule has 1 aromatic rings. The van der Waals surface area contributed by atoms with E-state index in [-0.39, 0.29) is 6.04 Å². The Morgan fingerprint density at radius 2 is 2.12 bits per heavy atom. The van der Waals surface area contributed by atoms with Gasteiger partial charge in [0.05, 0.1) is 6.04 Å². The van der Waals surface area contributed by atoms with Gasteiger partial charge in [-0.25, -0.2) is 0 Å². The van der Waals surface area contributed by atoms with E-state index in [9.17, 15) is 4.79 Å². The van der Waals surface area contributed by atoms with Crippen LogP contribution in [-0.2, 0) is 11.3 Å². The van der Waals surface area contributed by atoms with E-state index in [1.54, 1.807) is 0 Å². The van der Waals surface area contributed by atoms with Gasteiger partial charge in [0, 0.05) is 6.54 Å². The van der Waals surface area contributed by atoms with Gasteiger partial charge in [0.2, 0.25) is 0 Å². The quantitative estimate of drug-likeness (QED) is 0.725. The molecule has 86 valence electrons. The van der Waals surface area contributed by atoms with Gasteiger partial charge < -0.3 is 4.79 Å². The molecule has 16 heavy (non-hydrogen) atoms. The van der Waals surface area contributed by atoms with Crippen LogP contribution in [0.4, 0.5) is 0 Å². The minimum absolute atomic E-state index is 0.106. The van der Waals surface area contributed by atoms with E-state index in [2.05, 4.69) is 36.1 Å². The summed E-state index contributed by atoms with van der Waals surface area (Å²) in [6, 6.07) is 10.5. The van der Waals surface area contributed by atoms with Gasteiger partial charge in [-0.15, -0.1) is 0 Å². The Hall–Kier alpha value is -1.15. The Morgan fingerprint density at radius 3 is 2.81 bits per heavy atom. The van der Waals surface area contributed by atoms with Crippen LogP contribution >= 0.6 is 0 Å². The second-order valence-electron chi connectivity index (χ2n) is 4.70. The summed E-state index contributed by atoms with van der Waals surface area (Å²) >= 11 is 0. The largest absolute Gasteiger partial charge is 0.302 e. The number of rotatable bonds is 3. The Labute approximate surface area is 97.3 Å². The molecule has 2 unspecified atom stereocenters. The van der Waals surface area contributed by atoms with Gasteiger partial charge in [-0.05, 0) is 30.9 Å². The van der Waals surface area contributed by atoms with Gasteiger partial charge in [0.15, 0.2) is 0 Å². The maximum Gasteiger partial charge on any atom is 0.137 e. The summed E-state index contributed by atoms with van der Waals surface area (Å²) in [5.41, 5.74) is 1.29. The fourth-order valence-electron chi connectivity index (χ4n) is 2.52. The van der Waals surface area contributed by atoms with Crippen LogP contribution < -0.4 is 0 Å². The van der Waals surface area contributed by atoms with Gasteiger partial charge in [-0.2, -0.15) is 0 Å². The number of nitrogens with zero attached hydrogens (tertiary/aromatic N) is 1. The van der Waals surface area contributed by atoms with Crippen molar-refractivity contribution in [1.29, 1.82) is 0 Å². The van der Waals surface area contributed by atoms with E-state index in [0.29, 0.717) is 5.92 Å². The molecule has 0 aromatic heterocycles. The fourth-order valence-corrected chi connectivity index (χ4v) is 2.52. The second kappa shape index (κ2) is 5.26.